The van der Waals surface area contributed by atoms with Gasteiger partial charge >= 0.3 is 0 Å². The fraction of sp³-hybridized carbons (Fsp3) is 0.227. The lowest BCUT2D eigenvalue weighted by molar-refractivity contribution is 0.0743. The fourth-order valence-corrected chi connectivity index (χ4v) is 3.36. The first kappa shape index (κ1) is 18.7. The predicted molar refractivity (Wildman–Crippen MR) is 113 cm³/mol. The normalized spacial score (nSPS) is 13.8. The van der Waals surface area contributed by atoms with Gasteiger partial charge in [0.05, 0.1) is 12.7 Å². The Morgan fingerprint density at radius 1 is 0.897 bits per heavy atom. The third-order valence-electron chi connectivity index (χ3n) is 4.92. The van der Waals surface area contributed by atoms with Crippen LogP contribution in [0.2, 0.25) is 0 Å². The maximum atomic E-state index is 12.8. The number of para-hydroxylation sites is 2. The Bertz CT molecular complexity index is 954. The second kappa shape index (κ2) is 8.60. The van der Waals surface area contributed by atoms with Gasteiger partial charge in [0.1, 0.15) is 5.75 Å². The molecule has 1 aliphatic rings. The van der Waals surface area contributed by atoms with E-state index in [1.165, 1.54) is 0 Å². The number of piperazine rings is 1. The number of hydrogen-bond donors (Lipinski definition) is 1. The van der Waals surface area contributed by atoms with Crippen LogP contribution in [0.4, 0.5) is 17.3 Å². The number of methoxy groups -OCH3 is 1. The van der Waals surface area contributed by atoms with E-state index in [1.54, 1.807) is 13.2 Å². The molecular formula is C22H23N5O2. The molecule has 1 aliphatic heterocycles. The van der Waals surface area contributed by atoms with Crippen molar-refractivity contribution in [3.63, 3.8) is 0 Å². The zero-order valence-electron chi connectivity index (χ0n) is 16.3. The first-order chi connectivity index (χ1) is 14.2. The summed E-state index contributed by atoms with van der Waals surface area (Å²) in [4.78, 5) is 16.8. The van der Waals surface area contributed by atoms with Gasteiger partial charge in [0, 0.05) is 31.9 Å². The highest BCUT2D eigenvalue weighted by molar-refractivity contribution is 5.97. The molecule has 1 N–H and O–H groups in total. The maximum absolute atomic E-state index is 12.8. The van der Waals surface area contributed by atoms with Gasteiger partial charge < -0.3 is 19.9 Å². The number of rotatable bonds is 5. The van der Waals surface area contributed by atoms with Crippen molar-refractivity contribution in [1.29, 1.82) is 0 Å². The van der Waals surface area contributed by atoms with Crippen LogP contribution in [-0.4, -0.2) is 54.3 Å². The number of nitrogens with one attached hydrogen (secondary N) is 1. The smallest absolute Gasteiger partial charge is 0.257 e. The molecule has 1 amide bonds. The number of benzene rings is 2. The van der Waals surface area contributed by atoms with Crippen molar-refractivity contribution in [2.75, 3.05) is 43.5 Å². The van der Waals surface area contributed by atoms with E-state index in [4.69, 9.17) is 4.74 Å². The lowest BCUT2D eigenvalue weighted by Crippen LogP contribution is -2.49. The van der Waals surface area contributed by atoms with Crippen molar-refractivity contribution in [2.24, 2.45) is 0 Å². The van der Waals surface area contributed by atoms with Crippen LogP contribution < -0.4 is 15.0 Å². The SMILES string of the molecule is COc1ccccc1C(=O)N1CCN(c2ccc(Nc3ccccc3)nn2)CC1. The van der Waals surface area contributed by atoms with Crippen molar-refractivity contribution < 1.29 is 9.53 Å². The van der Waals surface area contributed by atoms with Gasteiger partial charge in [0.2, 0.25) is 0 Å². The minimum Gasteiger partial charge on any atom is -0.496 e. The molecule has 3 aromatic rings. The molecule has 1 fully saturated rings. The van der Waals surface area contributed by atoms with E-state index in [9.17, 15) is 4.79 Å². The zero-order chi connectivity index (χ0) is 20.1. The van der Waals surface area contributed by atoms with Crippen LogP contribution in [0.15, 0.2) is 66.7 Å². The number of amides is 1. The predicted octanol–water partition coefficient (Wildman–Crippen LogP) is 3.19. The highest BCUT2D eigenvalue weighted by atomic mass is 16.5. The van der Waals surface area contributed by atoms with E-state index in [-0.39, 0.29) is 5.91 Å². The Labute approximate surface area is 169 Å². The lowest BCUT2D eigenvalue weighted by Gasteiger charge is -2.35. The molecule has 0 radical (unpaired) electrons. The molecule has 0 saturated carbocycles. The summed E-state index contributed by atoms with van der Waals surface area (Å²) >= 11 is 0. The van der Waals surface area contributed by atoms with E-state index in [0.717, 1.165) is 11.5 Å². The summed E-state index contributed by atoms with van der Waals surface area (Å²) in [6, 6.07) is 21.1. The molecule has 0 unspecified atom stereocenters. The molecule has 0 spiro atoms. The Morgan fingerprint density at radius 3 is 2.31 bits per heavy atom. The van der Waals surface area contributed by atoms with Crippen LogP contribution in [0.1, 0.15) is 10.4 Å². The summed E-state index contributed by atoms with van der Waals surface area (Å²) in [5.74, 6) is 2.11. The number of aromatic nitrogens is 2. The number of carbonyl (C=O) groups excluding carboxylic acids is 1. The summed E-state index contributed by atoms with van der Waals surface area (Å²) in [5, 5.41) is 11.8. The average molecular weight is 389 g/mol. The second-order valence-corrected chi connectivity index (χ2v) is 6.75. The molecule has 1 saturated heterocycles. The van der Waals surface area contributed by atoms with Gasteiger partial charge in [-0.3, -0.25) is 4.79 Å². The van der Waals surface area contributed by atoms with Gasteiger partial charge in [-0.05, 0) is 36.4 Å². The van der Waals surface area contributed by atoms with Crippen molar-refractivity contribution >= 4 is 23.2 Å². The molecule has 29 heavy (non-hydrogen) atoms. The maximum Gasteiger partial charge on any atom is 0.257 e. The largest absolute Gasteiger partial charge is 0.496 e. The molecule has 0 atom stereocenters. The minimum atomic E-state index is -0.00408. The molecule has 148 valence electrons. The zero-order valence-corrected chi connectivity index (χ0v) is 16.3. The van der Waals surface area contributed by atoms with Crippen LogP contribution in [0, 0.1) is 0 Å². The number of nitrogens with zero attached hydrogens (tertiary/aromatic N) is 4. The molecule has 2 heterocycles. The highest BCUT2D eigenvalue weighted by Crippen LogP contribution is 2.21. The first-order valence-corrected chi connectivity index (χ1v) is 9.57. The van der Waals surface area contributed by atoms with Crippen molar-refractivity contribution in [3.8, 4) is 5.75 Å². The fourth-order valence-electron chi connectivity index (χ4n) is 3.36. The molecule has 1 aromatic heterocycles. The van der Waals surface area contributed by atoms with E-state index in [1.807, 2.05) is 65.6 Å². The van der Waals surface area contributed by atoms with Crippen molar-refractivity contribution in [3.05, 3.63) is 72.3 Å². The minimum absolute atomic E-state index is 0.00408. The van der Waals surface area contributed by atoms with Gasteiger partial charge in [-0.15, -0.1) is 10.2 Å². The number of anilines is 3. The van der Waals surface area contributed by atoms with Gasteiger partial charge in [-0.2, -0.15) is 0 Å². The van der Waals surface area contributed by atoms with Crippen LogP contribution in [-0.2, 0) is 0 Å². The Kier molecular flexibility index (Phi) is 5.56. The number of ether oxygens (including phenoxy) is 1. The van der Waals surface area contributed by atoms with Gasteiger partial charge in [-0.25, -0.2) is 0 Å². The summed E-state index contributed by atoms with van der Waals surface area (Å²) in [6.45, 7) is 2.67. The first-order valence-electron chi connectivity index (χ1n) is 9.57. The molecule has 0 bridgehead atoms. The summed E-state index contributed by atoms with van der Waals surface area (Å²) in [6.07, 6.45) is 0. The van der Waals surface area contributed by atoms with Crippen molar-refractivity contribution in [2.45, 2.75) is 0 Å². The van der Waals surface area contributed by atoms with Crippen molar-refractivity contribution in [1.82, 2.24) is 15.1 Å². The highest BCUT2D eigenvalue weighted by Gasteiger charge is 2.24. The molecule has 4 rings (SSSR count). The second-order valence-electron chi connectivity index (χ2n) is 6.75. The molecule has 7 heteroatoms. The van der Waals surface area contributed by atoms with Gasteiger partial charge in [0.25, 0.3) is 5.91 Å². The van der Waals surface area contributed by atoms with Crippen LogP contribution in [0.5, 0.6) is 5.75 Å². The number of carbonyl (C=O) groups is 1. The Hall–Kier alpha value is -3.61. The summed E-state index contributed by atoms with van der Waals surface area (Å²) in [5.41, 5.74) is 1.57. The molecular weight excluding hydrogens is 366 g/mol. The lowest BCUT2D eigenvalue weighted by atomic mass is 10.1. The molecule has 7 nitrogen and oxygen atoms in total. The Balaban J connectivity index is 1.36. The third kappa shape index (κ3) is 4.29. The van der Waals surface area contributed by atoms with E-state index in [0.29, 0.717) is 43.3 Å². The van der Waals surface area contributed by atoms with Crippen LogP contribution >= 0.6 is 0 Å². The monoisotopic (exact) mass is 389 g/mol. The van der Waals surface area contributed by atoms with Crippen LogP contribution in [0.25, 0.3) is 0 Å². The van der Waals surface area contributed by atoms with Gasteiger partial charge in [0.15, 0.2) is 11.6 Å². The average Bonchev–Trinajstić information content (AvgIpc) is 2.80. The third-order valence-corrected chi connectivity index (χ3v) is 4.92. The quantitative estimate of drug-likeness (QED) is 0.723. The summed E-state index contributed by atoms with van der Waals surface area (Å²) in [7, 11) is 1.58. The number of hydrogen-bond acceptors (Lipinski definition) is 6. The van der Waals surface area contributed by atoms with E-state index in [2.05, 4.69) is 20.4 Å². The standard InChI is InChI=1S/C22H23N5O2/c1-29-19-10-6-5-9-18(19)22(28)27-15-13-26(14-16-27)21-12-11-20(24-25-21)23-17-7-3-2-4-8-17/h2-12H,13-16H2,1H3,(H,23,24). The Morgan fingerprint density at radius 2 is 1.62 bits per heavy atom. The molecule has 2 aromatic carbocycles. The van der Waals surface area contributed by atoms with Gasteiger partial charge in [-0.1, -0.05) is 30.3 Å². The summed E-state index contributed by atoms with van der Waals surface area (Å²) < 4.78 is 5.32. The topological polar surface area (TPSA) is 70.6 Å². The van der Waals surface area contributed by atoms with Crippen LogP contribution in [0.3, 0.4) is 0 Å². The molecule has 0 aliphatic carbocycles. The van der Waals surface area contributed by atoms with E-state index < -0.39 is 0 Å². The van der Waals surface area contributed by atoms with E-state index >= 15 is 0 Å².